The second-order valence-corrected chi connectivity index (χ2v) is 12.3. The van der Waals surface area contributed by atoms with E-state index < -0.39 is 6.09 Å². The summed E-state index contributed by atoms with van der Waals surface area (Å²) < 4.78 is 12.8. The number of rotatable bonds is 10. The first-order chi connectivity index (χ1) is 20.3. The maximum atomic E-state index is 13.2. The van der Waals surface area contributed by atoms with Gasteiger partial charge in [-0.1, -0.05) is 54.6 Å². The number of morpholine rings is 1. The number of hydrogen-bond donors (Lipinski definition) is 3. The number of fused-ring (bicyclic) bond motifs is 5. The fraction of sp³-hybridized carbons (Fsp3) is 0.412. The van der Waals surface area contributed by atoms with Crippen LogP contribution < -0.4 is 34.6 Å². The zero-order valence-corrected chi connectivity index (χ0v) is 26.8. The van der Waals surface area contributed by atoms with E-state index in [9.17, 15) is 14.7 Å². The number of carbonyl (C=O) groups excluding carboxylic acids is 2. The average molecular weight is 698 g/mol. The van der Waals surface area contributed by atoms with Crippen molar-refractivity contribution >= 4 is 23.4 Å². The molecule has 6 rings (SSSR count). The minimum absolute atomic E-state index is 0. The molecule has 43 heavy (non-hydrogen) atoms. The number of quaternary nitrogens is 1. The van der Waals surface area contributed by atoms with Crippen molar-refractivity contribution < 1.29 is 52.6 Å². The summed E-state index contributed by atoms with van der Waals surface area (Å²) in [5.74, 6) is -0.0292. The molecular weight excluding hydrogens is 657 g/mol. The van der Waals surface area contributed by atoms with Gasteiger partial charge in [0.2, 0.25) is 5.91 Å². The fourth-order valence-corrected chi connectivity index (χ4v) is 6.84. The van der Waals surface area contributed by atoms with Gasteiger partial charge in [0.25, 0.3) is 0 Å². The quantitative estimate of drug-likeness (QED) is 0.131. The number of unbranched alkanes of at least 4 members (excludes halogenated alkanes) is 1. The Morgan fingerprint density at radius 1 is 0.907 bits per heavy atom. The van der Waals surface area contributed by atoms with Crippen LogP contribution in [-0.4, -0.2) is 66.1 Å². The predicted octanol–water partition coefficient (Wildman–Crippen LogP) is 2.51. The van der Waals surface area contributed by atoms with E-state index in [0.29, 0.717) is 30.7 Å². The van der Waals surface area contributed by atoms with Crippen molar-refractivity contribution in [1.29, 1.82) is 0 Å². The average Bonchev–Trinajstić information content (AvgIpc) is 3.75. The minimum Gasteiger partial charge on any atom is -1.00 e. The molecule has 0 saturated carbocycles. The molecule has 3 saturated heterocycles. The lowest BCUT2D eigenvalue weighted by molar-refractivity contribution is -0.938. The van der Waals surface area contributed by atoms with Gasteiger partial charge in [-0.2, -0.15) is 0 Å². The van der Waals surface area contributed by atoms with Gasteiger partial charge in [0, 0.05) is 30.5 Å². The molecule has 9 heteroatoms. The SMILES string of the molecule is C[N+]1(C)[C@@H]2CC(OC(=O)Nc3cc(CCCCC(=O)Nc4ccc(CO)cc4)ccc3-c3ccccc3)C[C@H]1[C@@H]1O[C@@H]12.[I-]. The van der Waals surface area contributed by atoms with Gasteiger partial charge in [-0.15, -0.1) is 0 Å². The van der Waals surface area contributed by atoms with Crippen molar-refractivity contribution in [2.45, 2.75) is 75.5 Å². The Morgan fingerprint density at radius 2 is 1.58 bits per heavy atom. The number of hydrogen-bond acceptors (Lipinski definition) is 5. The van der Waals surface area contributed by atoms with Gasteiger partial charge in [0.05, 0.1) is 26.4 Å². The van der Waals surface area contributed by atoms with E-state index >= 15 is 0 Å². The third-order valence-electron chi connectivity index (χ3n) is 9.26. The number of amides is 2. The fourth-order valence-electron chi connectivity index (χ4n) is 6.84. The van der Waals surface area contributed by atoms with E-state index in [1.165, 1.54) is 0 Å². The van der Waals surface area contributed by atoms with Gasteiger partial charge in [0.1, 0.15) is 30.4 Å². The van der Waals surface area contributed by atoms with Gasteiger partial charge in [-0.3, -0.25) is 10.1 Å². The zero-order valence-electron chi connectivity index (χ0n) is 24.7. The van der Waals surface area contributed by atoms with Crippen LogP contribution in [0.5, 0.6) is 0 Å². The van der Waals surface area contributed by atoms with Gasteiger partial charge in [-0.25, -0.2) is 4.79 Å². The summed E-state index contributed by atoms with van der Waals surface area (Å²) in [4.78, 5) is 25.5. The topological polar surface area (TPSA) is 100 Å². The summed E-state index contributed by atoms with van der Waals surface area (Å²) >= 11 is 0. The summed E-state index contributed by atoms with van der Waals surface area (Å²) in [6.45, 7) is -0.0190. The van der Waals surface area contributed by atoms with Crippen LogP contribution in [0.25, 0.3) is 11.1 Å². The van der Waals surface area contributed by atoms with Crippen molar-refractivity contribution in [1.82, 2.24) is 0 Å². The van der Waals surface area contributed by atoms with Crippen LogP contribution in [0.3, 0.4) is 0 Å². The molecule has 3 heterocycles. The summed E-state index contributed by atoms with van der Waals surface area (Å²) in [6, 6.07) is 24.1. The van der Waals surface area contributed by atoms with Gasteiger partial charge >= 0.3 is 6.09 Å². The van der Waals surface area contributed by atoms with Crippen molar-refractivity contribution in [2.75, 3.05) is 24.7 Å². The van der Waals surface area contributed by atoms with Crippen LogP contribution in [0.4, 0.5) is 16.2 Å². The molecule has 5 atom stereocenters. The van der Waals surface area contributed by atoms with Crippen molar-refractivity contribution in [3.63, 3.8) is 0 Å². The molecule has 3 fully saturated rings. The molecule has 3 aliphatic rings. The molecule has 0 aromatic heterocycles. The summed E-state index contributed by atoms with van der Waals surface area (Å²) in [7, 11) is 4.53. The number of aliphatic hydroxyl groups excluding tert-OH is 1. The Hall–Kier alpha value is -2.99. The van der Waals surface area contributed by atoms with Gasteiger partial charge < -0.3 is 48.4 Å². The molecule has 3 N–H and O–H groups in total. The molecule has 3 aromatic rings. The number of halogens is 1. The van der Waals surface area contributed by atoms with E-state index in [2.05, 4.69) is 36.9 Å². The van der Waals surface area contributed by atoms with Crippen LogP contribution in [-0.2, 0) is 27.3 Å². The number of nitrogens with one attached hydrogen (secondary N) is 2. The lowest BCUT2D eigenvalue weighted by Gasteiger charge is -2.45. The molecule has 3 aromatic carbocycles. The summed E-state index contributed by atoms with van der Waals surface area (Å²) in [5.41, 5.74) is 5.33. The highest BCUT2D eigenvalue weighted by molar-refractivity contribution is 5.92. The third-order valence-corrected chi connectivity index (χ3v) is 9.26. The van der Waals surface area contributed by atoms with Crippen molar-refractivity contribution in [2.24, 2.45) is 0 Å². The molecule has 228 valence electrons. The predicted molar refractivity (Wildman–Crippen MR) is 162 cm³/mol. The second-order valence-electron chi connectivity index (χ2n) is 12.3. The van der Waals surface area contributed by atoms with Crippen LogP contribution >= 0.6 is 0 Å². The monoisotopic (exact) mass is 697 g/mol. The van der Waals surface area contributed by atoms with Crippen molar-refractivity contribution in [3.8, 4) is 11.1 Å². The lowest BCUT2D eigenvalue weighted by Crippen LogP contribution is -3.00. The molecular formula is C34H40IN3O5. The first-order valence-corrected chi connectivity index (χ1v) is 15.0. The van der Waals surface area contributed by atoms with Crippen molar-refractivity contribution in [3.05, 3.63) is 83.9 Å². The van der Waals surface area contributed by atoms with E-state index in [4.69, 9.17) is 9.47 Å². The summed E-state index contributed by atoms with van der Waals surface area (Å²) in [5, 5.41) is 15.1. The van der Waals surface area contributed by atoms with E-state index in [1.54, 1.807) is 24.3 Å². The molecule has 3 aliphatic heterocycles. The highest BCUT2D eigenvalue weighted by Gasteiger charge is 2.70. The lowest BCUT2D eigenvalue weighted by atomic mass is 9.96. The number of aryl methyl sites for hydroxylation is 1. The molecule has 2 bridgehead atoms. The van der Waals surface area contributed by atoms with E-state index in [0.717, 1.165) is 70.2 Å². The Labute approximate surface area is 270 Å². The van der Waals surface area contributed by atoms with Crippen LogP contribution in [0.1, 0.15) is 43.2 Å². The Morgan fingerprint density at radius 3 is 2.26 bits per heavy atom. The van der Waals surface area contributed by atoms with E-state index in [-0.39, 0.29) is 42.6 Å². The first kappa shape index (κ1) is 31.4. The number of piperidine rings is 1. The van der Waals surface area contributed by atoms with E-state index in [1.807, 2.05) is 36.4 Å². The third kappa shape index (κ3) is 7.06. The molecule has 8 nitrogen and oxygen atoms in total. The minimum atomic E-state index is -0.417. The number of benzene rings is 3. The highest BCUT2D eigenvalue weighted by Crippen LogP contribution is 2.51. The smallest absolute Gasteiger partial charge is 0.411 e. The molecule has 2 amide bonds. The first-order valence-electron chi connectivity index (χ1n) is 15.0. The Balaban J connectivity index is 0.00000368. The molecule has 0 spiro atoms. The van der Waals surface area contributed by atoms with Gasteiger partial charge in [-0.05, 0) is 54.2 Å². The number of carbonyl (C=O) groups is 2. The normalized spacial score (nSPS) is 24.3. The number of epoxide rings is 1. The standard InChI is InChI=1S/C34H39N3O5.HI/c1-37(2)29-19-26(20-30(37)33-32(29)42-33)41-34(40)36-28-18-22(14-17-27(28)24-9-4-3-5-10-24)8-6-7-11-31(39)35-25-15-12-23(21-38)13-16-25;/h3-5,9-10,12-18,26,29-30,32-33,38H,6-8,11,19-21H2,1-2H3,(H-,35,36,39,40);1H/t26?,29-,30+,32-,33+;. The number of ether oxygens (including phenoxy) is 2. The maximum Gasteiger partial charge on any atom is 0.411 e. The number of anilines is 2. The molecule has 0 radical (unpaired) electrons. The summed E-state index contributed by atoms with van der Waals surface area (Å²) in [6.07, 6.45) is 4.55. The number of nitrogens with zero attached hydrogens (tertiary/aromatic N) is 1. The van der Waals surface area contributed by atoms with Gasteiger partial charge in [0.15, 0.2) is 0 Å². The Kier molecular flexibility index (Phi) is 9.75. The maximum absolute atomic E-state index is 13.2. The Bertz CT molecular complexity index is 1410. The highest BCUT2D eigenvalue weighted by atomic mass is 127. The second kappa shape index (κ2) is 13.3. The zero-order chi connectivity index (χ0) is 29.3. The van der Waals surface area contributed by atoms with Crippen LogP contribution in [0.2, 0.25) is 0 Å². The molecule has 1 unspecified atom stereocenters. The number of aliphatic hydroxyl groups is 1. The van der Waals surface area contributed by atoms with Crippen LogP contribution in [0, 0.1) is 0 Å². The van der Waals surface area contributed by atoms with Crippen LogP contribution in [0.15, 0.2) is 72.8 Å². The largest absolute Gasteiger partial charge is 1.00 e. The molecule has 0 aliphatic carbocycles. The number of likely N-dealkylation sites (N-methyl/N-ethyl adjacent to an activating group) is 1.